The van der Waals surface area contributed by atoms with E-state index in [1.54, 1.807) is 17.3 Å². The van der Waals surface area contributed by atoms with E-state index in [1.165, 1.54) is 11.1 Å². The number of hydrogen-bond acceptors (Lipinski definition) is 4. The first-order valence-electron chi connectivity index (χ1n) is 7.71. The predicted octanol–water partition coefficient (Wildman–Crippen LogP) is 3.16. The van der Waals surface area contributed by atoms with Crippen LogP contribution in [0.3, 0.4) is 0 Å². The second kappa shape index (κ2) is 6.71. The summed E-state index contributed by atoms with van der Waals surface area (Å²) < 4.78 is 1.79. The topological polar surface area (TPSA) is 46.8 Å². The van der Waals surface area contributed by atoms with Crippen molar-refractivity contribution in [3.8, 4) is 5.69 Å². The molecule has 0 bridgehead atoms. The molecule has 0 radical (unpaired) electrons. The summed E-state index contributed by atoms with van der Waals surface area (Å²) in [7, 11) is 2.13. The fourth-order valence-electron chi connectivity index (χ4n) is 2.68. The average molecular weight is 307 g/mol. The molecule has 0 aliphatic carbocycles. The van der Waals surface area contributed by atoms with Crippen LogP contribution in [0.2, 0.25) is 0 Å². The summed E-state index contributed by atoms with van der Waals surface area (Å²) in [5, 5.41) is 4.19. The second-order valence-electron chi connectivity index (χ2n) is 5.81. The van der Waals surface area contributed by atoms with Crippen LogP contribution in [0.4, 0.5) is 0 Å². The SMILES string of the molecule is Cc1cc(CN(C)C(C)c2ccccn2)ccc1-n1cncn1. The molecule has 0 amide bonds. The molecule has 0 spiro atoms. The van der Waals surface area contributed by atoms with Crippen LogP contribution in [0.5, 0.6) is 0 Å². The van der Waals surface area contributed by atoms with E-state index in [-0.39, 0.29) is 6.04 Å². The van der Waals surface area contributed by atoms with Crippen molar-refractivity contribution in [3.05, 3.63) is 72.1 Å². The molecule has 0 aliphatic heterocycles. The summed E-state index contributed by atoms with van der Waals surface area (Å²) in [5.74, 6) is 0. The lowest BCUT2D eigenvalue weighted by molar-refractivity contribution is 0.248. The Hall–Kier alpha value is -2.53. The highest BCUT2D eigenvalue weighted by Crippen LogP contribution is 2.20. The molecule has 5 heteroatoms. The molecule has 3 aromatic rings. The molecule has 3 rings (SSSR count). The number of rotatable bonds is 5. The maximum atomic E-state index is 4.45. The largest absolute Gasteiger partial charge is 0.294 e. The maximum Gasteiger partial charge on any atom is 0.138 e. The van der Waals surface area contributed by atoms with Crippen molar-refractivity contribution in [3.63, 3.8) is 0 Å². The lowest BCUT2D eigenvalue weighted by atomic mass is 10.1. The minimum Gasteiger partial charge on any atom is -0.294 e. The van der Waals surface area contributed by atoms with Crippen LogP contribution in [0.1, 0.15) is 29.8 Å². The lowest BCUT2D eigenvalue weighted by Crippen LogP contribution is -2.22. The normalized spacial score (nSPS) is 12.5. The van der Waals surface area contributed by atoms with Crippen molar-refractivity contribution < 1.29 is 0 Å². The van der Waals surface area contributed by atoms with Gasteiger partial charge in [0.2, 0.25) is 0 Å². The molecule has 2 aromatic heterocycles. The lowest BCUT2D eigenvalue weighted by Gasteiger charge is -2.24. The van der Waals surface area contributed by atoms with Gasteiger partial charge in [0.1, 0.15) is 12.7 Å². The van der Waals surface area contributed by atoms with E-state index in [4.69, 9.17) is 0 Å². The van der Waals surface area contributed by atoms with Crippen molar-refractivity contribution in [1.82, 2.24) is 24.6 Å². The number of benzene rings is 1. The molecule has 1 atom stereocenters. The summed E-state index contributed by atoms with van der Waals surface area (Å²) in [6, 6.07) is 12.8. The first kappa shape index (κ1) is 15.4. The summed E-state index contributed by atoms with van der Waals surface area (Å²) in [6.45, 7) is 5.15. The molecule has 5 nitrogen and oxygen atoms in total. The third-order valence-corrected chi connectivity index (χ3v) is 4.14. The van der Waals surface area contributed by atoms with E-state index in [2.05, 4.69) is 65.1 Å². The van der Waals surface area contributed by atoms with Gasteiger partial charge in [0.25, 0.3) is 0 Å². The quantitative estimate of drug-likeness (QED) is 0.726. The Balaban J connectivity index is 1.74. The molecule has 1 unspecified atom stereocenters. The zero-order valence-electron chi connectivity index (χ0n) is 13.7. The molecule has 2 heterocycles. The Bertz CT molecular complexity index is 752. The average Bonchev–Trinajstić information content (AvgIpc) is 3.09. The van der Waals surface area contributed by atoms with E-state index < -0.39 is 0 Å². The van der Waals surface area contributed by atoms with E-state index in [0.717, 1.165) is 17.9 Å². The van der Waals surface area contributed by atoms with Crippen molar-refractivity contribution in [2.24, 2.45) is 0 Å². The number of hydrogen-bond donors (Lipinski definition) is 0. The van der Waals surface area contributed by atoms with Crippen molar-refractivity contribution in [1.29, 1.82) is 0 Å². The van der Waals surface area contributed by atoms with Gasteiger partial charge in [0.15, 0.2) is 0 Å². The van der Waals surface area contributed by atoms with Gasteiger partial charge in [-0.05, 0) is 50.2 Å². The molecule has 0 N–H and O–H groups in total. The molecule has 0 aliphatic rings. The second-order valence-corrected chi connectivity index (χ2v) is 5.81. The van der Waals surface area contributed by atoms with Crippen molar-refractivity contribution in [2.75, 3.05) is 7.05 Å². The van der Waals surface area contributed by atoms with Crippen LogP contribution in [0, 0.1) is 6.92 Å². The van der Waals surface area contributed by atoms with Crippen molar-refractivity contribution >= 4 is 0 Å². The van der Waals surface area contributed by atoms with Gasteiger partial charge in [0.05, 0.1) is 11.4 Å². The van der Waals surface area contributed by atoms with E-state index in [0.29, 0.717) is 0 Å². The summed E-state index contributed by atoms with van der Waals surface area (Å²) >= 11 is 0. The Kier molecular flexibility index (Phi) is 4.48. The molecule has 118 valence electrons. The van der Waals surface area contributed by atoms with Gasteiger partial charge >= 0.3 is 0 Å². The van der Waals surface area contributed by atoms with Gasteiger partial charge in [0, 0.05) is 18.8 Å². The first-order chi connectivity index (χ1) is 11.1. The highest BCUT2D eigenvalue weighted by atomic mass is 15.3. The Morgan fingerprint density at radius 2 is 2.09 bits per heavy atom. The van der Waals surface area contributed by atoms with Crippen LogP contribution in [-0.2, 0) is 6.54 Å². The summed E-state index contributed by atoms with van der Waals surface area (Å²) in [5.41, 5.74) is 4.61. The summed E-state index contributed by atoms with van der Waals surface area (Å²) in [4.78, 5) is 10.7. The minimum absolute atomic E-state index is 0.270. The van der Waals surface area contributed by atoms with Gasteiger partial charge in [-0.3, -0.25) is 9.88 Å². The summed E-state index contributed by atoms with van der Waals surface area (Å²) in [6.07, 6.45) is 5.11. The molecular weight excluding hydrogens is 286 g/mol. The molecule has 23 heavy (non-hydrogen) atoms. The number of pyridine rings is 1. The minimum atomic E-state index is 0.270. The fraction of sp³-hybridized carbons (Fsp3) is 0.278. The van der Waals surface area contributed by atoms with Crippen molar-refractivity contribution in [2.45, 2.75) is 26.4 Å². The predicted molar refractivity (Wildman–Crippen MR) is 90.2 cm³/mol. The molecule has 0 fully saturated rings. The Labute approximate surface area is 136 Å². The Morgan fingerprint density at radius 1 is 1.22 bits per heavy atom. The fourth-order valence-corrected chi connectivity index (χ4v) is 2.68. The van der Waals surface area contributed by atoms with Gasteiger partial charge in [-0.15, -0.1) is 0 Å². The van der Waals surface area contributed by atoms with Crippen LogP contribution < -0.4 is 0 Å². The molecule has 1 aromatic carbocycles. The van der Waals surface area contributed by atoms with E-state index in [9.17, 15) is 0 Å². The molecule has 0 saturated carbocycles. The van der Waals surface area contributed by atoms with Crippen LogP contribution in [0.15, 0.2) is 55.2 Å². The third-order valence-electron chi connectivity index (χ3n) is 4.14. The highest BCUT2D eigenvalue weighted by molar-refractivity contribution is 5.41. The van der Waals surface area contributed by atoms with Gasteiger partial charge in [-0.2, -0.15) is 5.10 Å². The van der Waals surface area contributed by atoms with Crippen LogP contribution >= 0.6 is 0 Å². The maximum absolute atomic E-state index is 4.45. The highest BCUT2D eigenvalue weighted by Gasteiger charge is 2.13. The molecular formula is C18H21N5. The smallest absolute Gasteiger partial charge is 0.138 e. The van der Waals surface area contributed by atoms with Crippen LogP contribution in [-0.4, -0.2) is 31.7 Å². The van der Waals surface area contributed by atoms with E-state index in [1.807, 2.05) is 18.3 Å². The third kappa shape index (κ3) is 3.46. The van der Waals surface area contributed by atoms with Gasteiger partial charge in [-0.1, -0.05) is 18.2 Å². The zero-order chi connectivity index (χ0) is 16.2. The standard InChI is InChI=1S/C18H21N5/c1-14-10-16(7-8-18(14)23-13-19-12-21-23)11-22(3)15(2)17-6-4-5-9-20-17/h4-10,12-13,15H,11H2,1-3H3. The number of nitrogens with zero attached hydrogens (tertiary/aromatic N) is 5. The monoisotopic (exact) mass is 307 g/mol. The van der Waals surface area contributed by atoms with Crippen LogP contribution in [0.25, 0.3) is 5.69 Å². The number of aryl methyl sites for hydroxylation is 1. The van der Waals surface area contributed by atoms with Gasteiger partial charge in [-0.25, -0.2) is 9.67 Å². The zero-order valence-corrected chi connectivity index (χ0v) is 13.7. The Morgan fingerprint density at radius 3 is 2.74 bits per heavy atom. The first-order valence-corrected chi connectivity index (χ1v) is 7.71. The number of aromatic nitrogens is 4. The van der Waals surface area contributed by atoms with E-state index >= 15 is 0 Å². The van der Waals surface area contributed by atoms with Gasteiger partial charge < -0.3 is 0 Å². The molecule has 0 saturated heterocycles.